The summed E-state index contributed by atoms with van der Waals surface area (Å²) in [4.78, 5) is 1.73. The molecule has 0 aromatic carbocycles. The zero-order valence-electron chi connectivity index (χ0n) is 6.04. The molecule has 1 aromatic heterocycles. The normalized spacial score (nSPS) is 15.7. The van der Waals surface area contributed by atoms with E-state index in [-0.39, 0.29) is 0 Å². The van der Waals surface area contributed by atoms with Gasteiger partial charge in [0.15, 0.2) is 6.19 Å². The fourth-order valence-electron chi connectivity index (χ4n) is 1.31. The van der Waals surface area contributed by atoms with E-state index in [1.165, 1.54) is 5.69 Å². The van der Waals surface area contributed by atoms with Crippen molar-refractivity contribution in [3.8, 4) is 6.19 Å². The lowest BCUT2D eigenvalue weighted by Crippen LogP contribution is -2.25. The molecule has 2 heterocycles. The minimum Gasteiger partial charge on any atom is -0.306 e. The maximum atomic E-state index is 8.60. The minimum absolute atomic E-state index is 0.711. The average Bonchev–Trinajstić information content (AvgIpc) is 2.50. The van der Waals surface area contributed by atoms with Gasteiger partial charge in [-0.05, 0) is 0 Å². The molecule has 0 saturated carbocycles. The Hall–Kier alpha value is -1.50. The number of hydrogen-bond donors (Lipinski definition) is 1. The van der Waals surface area contributed by atoms with Crippen LogP contribution >= 0.6 is 0 Å². The number of rotatable bonds is 0. The second-order valence-corrected chi connectivity index (χ2v) is 2.65. The van der Waals surface area contributed by atoms with Crippen molar-refractivity contribution < 1.29 is 0 Å². The molecule has 1 aliphatic rings. The first kappa shape index (κ1) is 6.23. The third kappa shape index (κ3) is 0.944. The molecule has 1 aliphatic heterocycles. The van der Waals surface area contributed by atoms with Crippen molar-refractivity contribution in [3.05, 3.63) is 17.5 Å². The first-order valence-electron chi connectivity index (χ1n) is 3.56. The van der Waals surface area contributed by atoms with Crippen LogP contribution in [-0.2, 0) is 13.0 Å². The quantitative estimate of drug-likeness (QED) is 0.536. The second-order valence-electron chi connectivity index (χ2n) is 2.65. The Labute approximate surface area is 64.4 Å². The minimum atomic E-state index is 0.711. The molecule has 0 atom stereocenters. The molecule has 1 N–H and O–H groups in total. The molecule has 0 amide bonds. The summed E-state index contributed by atoms with van der Waals surface area (Å²) >= 11 is 0. The summed E-state index contributed by atoms with van der Waals surface area (Å²) < 4.78 is 0. The van der Waals surface area contributed by atoms with Gasteiger partial charge in [-0.1, -0.05) is 0 Å². The maximum absolute atomic E-state index is 8.60. The molecule has 0 radical (unpaired) electrons. The van der Waals surface area contributed by atoms with E-state index in [0.717, 1.165) is 18.5 Å². The van der Waals surface area contributed by atoms with Crippen LogP contribution in [0.25, 0.3) is 0 Å². The van der Waals surface area contributed by atoms with Crippen molar-refractivity contribution in [2.75, 3.05) is 6.54 Å². The summed E-state index contributed by atoms with van der Waals surface area (Å²) in [6, 6.07) is 0. The highest BCUT2D eigenvalue weighted by atomic mass is 15.2. The van der Waals surface area contributed by atoms with Gasteiger partial charge in [0.05, 0.1) is 12.7 Å². The fourth-order valence-corrected chi connectivity index (χ4v) is 1.31. The molecular weight excluding hydrogens is 140 g/mol. The molecule has 0 spiro atoms. The summed E-state index contributed by atoms with van der Waals surface area (Å²) in [5.41, 5.74) is 2.33. The van der Waals surface area contributed by atoms with Crippen LogP contribution in [0.4, 0.5) is 0 Å². The lowest BCUT2D eigenvalue weighted by atomic mass is 10.1. The van der Waals surface area contributed by atoms with Crippen LogP contribution in [0.5, 0.6) is 0 Å². The first-order valence-corrected chi connectivity index (χ1v) is 3.56. The van der Waals surface area contributed by atoms with Crippen LogP contribution < -0.4 is 0 Å². The summed E-state index contributed by atoms with van der Waals surface area (Å²) in [5.74, 6) is 0. The van der Waals surface area contributed by atoms with E-state index in [4.69, 9.17) is 5.26 Å². The fraction of sp³-hybridized carbons (Fsp3) is 0.429. The predicted molar refractivity (Wildman–Crippen MR) is 38.3 cm³/mol. The van der Waals surface area contributed by atoms with Crippen molar-refractivity contribution in [2.45, 2.75) is 13.0 Å². The van der Waals surface area contributed by atoms with E-state index >= 15 is 0 Å². The van der Waals surface area contributed by atoms with Crippen molar-refractivity contribution in [1.29, 1.82) is 5.26 Å². The third-order valence-corrected chi connectivity index (χ3v) is 1.94. The monoisotopic (exact) mass is 148 g/mol. The van der Waals surface area contributed by atoms with Crippen LogP contribution in [0.15, 0.2) is 6.20 Å². The summed E-state index contributed by atoms with van der Waals surface area (Å²) in [6.45, 7) is 1.52. The Morgan fingerprint density at radius 1 is 1.73 bits per heavy atom. The van der Waals surface area contributed by atoms with Crippen molar-refractivity contribution in [1.82, 2.24) is 15.1 Å². The van der Waals surface area contributed by atoms with Crippen molar-refractivity contribution in [3.63, 3.8) is 0 Å². The molecule has 2 rings (SSSR count). The highest BCUT2D eigenvalue weighted by Gasteiger charge is 2.15. The smallest absolute Gasteiger partial charge is 0.179 e. The zero-order chi connectivity index (χ0) is 7.68. The highest BCUT2D eigenvalue weighted by Crippen LogP contribution is 2.14. The van der Waals surface area contributed by atoms with Crippen LogP contribution in [0.1, 0.15) is 11.3 Å². The van der Waals surface area contributed by atoms with Crippen LogP contribution in [0.3, 0.4) is 0 Å². The van der Waals surface area contributed by atoms with E-state index in [9.17, 15) is 0 Å². The van der Waals surface area contributed by atoms with E-state index in [1.54, 1.807) is 11.1 Å². The lowest BCUT2D eigenvalue weighted by molar-refractivity contribution is 0.367. The van der Waals surface area contributed by atoms with Gasteiger partial charge in [-0.15, -0.1) is 0 Å². The largest absolute Gasteiger partial charge is 0.306 e. The van der Waals surface area contributed by atoms with Gasteiger partial charge >= 0.3 is 0 Å². The summed E-state index contributed by atoms with van der Waals surface area (Å²) in [6.07, 6.45) is 4.82. The molecule has 0 fully saturated rings. The molecule has 0 unspecified atom stereocenters. The number of hydrogen-bond acceptors (Lipinski definition) is 3. The number of nitriles is 1. The third-order valence-electron chi connectivity index (χ3n) is 1.94. The van der Waals surface area contributed by atoms with E-state index in [1.807, 2.05) is 0 Å². The summed E-state index contributed by atoms with van der Waals surface area (Å²) in [5, 5.41) is 15.4. The zero-order valence-corrected chi connectivity index (χ0v) is 6.04. The number of nitrogens with one attached hydrogen (secondary N) is 1. The van der Waals surface area contributed by atoms with Gasteiger partial charge in [0, 0.05) is 24.2 Å². The molecule has 0 bridgehead atoms. The molecule has 56 valence electrons. The topological polar surface area (TPSA) is 55.7 Å². The second kappa shape index (κ2) is 2.27. The van der Waals surface area contributed by atoms with Gasteiger partial charge in [0.2, 0.25) is 0 Å². The van der Waals surface area contributed by atoms with Gasteiger partial charge in [0.25, 0.3) is 0 Å². The number of aromatic amines is 1. The molecule has 1 aromatic rings. The van der Waals surface area contributed by atoms with Gasteiger partial charge in [-0.3, -0.25) is 5.10 Å². The van der Waals surface area contributed by atoms with Crippen LogP contribution in [0.2, 0.25) is 0 Å². The van der Waals surface area contributed by atoms with E-state index < -0.39 is 0 Å². The Morgan fingerprint density at radius 2 is 2.64 bits per heavy atom. The molecule has 11 heavy (non-hydrogen) atoms. The number of fused-ring (bicyclic) bond motifs is 1. The van der Waals surface area contributed by atoms with Crippen LogP contribution in [0, 0.1) is 11.5 Å². The molecule has 4 nitrogen and oxygen atoms in total. The number of aromatic nitrogens is 2. The molecule has 0 saturated heterocycles. The maximum Gasteiger partial charge on any atom is 0.179 e. The Bertz CT molecular complexity index is 296. The first-order chi connectivity index (χ1) is 5.40. The van der Waals surface area contributed by atoms with E-state index in [2.05, 4.69) is 16.4 Å². The molecule has 0 aliphatic carbocycles. The summed E-state index contributed by atoms with van der Waals surface area (Å²) in [7, 11) is 0. The standard InChI is InChI=1S/C7H8N4/c8-5-11-2-1-7-6(4-11)3-9-10-7/h3H,1-2,4H2,(H,9,10). The molecular formula is C7H8N4. The van der Waals surface area contributed by atoms with Gasteiger partial charge in [0.1, 0.15) is 0 Å². The van der Waals surface area contributed by atoms with Crippen molar-refractivity contribution in [2.24, 2.45) is 0 Å². The number of H-pyrrole nitrogens is 1. The number of nitrogens with zero attached hydrogens (tertiary/aromatic N) is 3. The SMILES string of the molecule is N#CN1CCc2[nH]ncc2C1. The van der Waals surface area contributed by atoms with Crippen molar-refractivity contribution >= 4 is 0 Å². The Balaban J connectivity index is 2.26. The highest BCUT2D eigenvalue weighted by molar-refractivity contribution is 5.19. The van der Waals surface area contributed by atoms with E-state index in [0.29, 0.717) is 6.54 Å². The van der Waals surface area contributed by atoms with Gasteiger partial charge < -0.3 is 4.90 Å². The Kier molecular flexibility index (Phi) is 1.29. The Morgan fingerprint density at radius 3 is 3.45 bits per heavy atom. The predicted octanol–water partition coefficient (Wildman–Crippen LogP) is 0.249. The molecule has 4 heteroatoms. The lowest BCUT2D eigenvalue weighted by Gasteiger charge is -2.19. The van der Waals surface area contributed by atoms with Gasteiger partial charge in [-0.2, -0.15) is 10.4 Å². The average molecular weight is 148 g/mol. The van der Waals surface area contributed by atoms with Gasteiger partial charge in [-0.25, -0.2) is 0 Å². The van der Waals surface area contributed by atoms with Crippen LogP contribution in [-0.4, -0.2) is 21.6 Å².